The molecule has 1 aromatic rings. The van der Waals surface area contributed by atoms with Gasteiger partial charge in [0, 0.05) is 38.3 Å². The molecule has 10 heteroatoms. The molecular formula is C48H90ClNO6Si2. The molecule has 0 aromatic heterocycles. The second-order valence-corrected chi connectivity index (χ2v) is 22.6. The summed E-state index contributed by atoms with van der Waals surface area (Å²) in [6.45, 7) is 44.4. The minimum atomic E-state index is -3.17. The Balaban J connectivity index is 0.0000105. The molecule has 0 saturated carbocycles. The van der Waals surface area contributed by atoms with E-state index < -0.39 is 23.7 Å². The lowest BCUT2D eigenvalue weighted by Crippen LogP contribution is -2.59. The van der Waals surface area contributed by atoms with E-state index in [1.165, 1.54) is 6.42 Å². The molecule has 0 spiro atoms. The Labute approximate surface area is 366 Å². The molecule has 0 radical (unpaired) electrons. The summed E-state index contributed by atoms with van der Waals surface area (Å²) >= 11 is 5.95. The zero-order valence-corrected chi connectivity index (χ0v) is 43.6. The Morgan fingerprint density at radius 3 is 1.41 bits per heavy atom. The van der Waals surface area contributed by atoms with Gasteiger partial charge in [-0.05, 0) is 120 Å². The van der Waals surface area contributed by atoms with Gasteiger partial charge in [-0.25, -0.2) is 0 Å². The zero-order chi connectivity index (χ0) is 45.3. The Kier molecular flexibility index (Phi) is 26.5. The van der Waals surface area contributed by atoms with Crippen molar-refractivity contribution in [3.05, 3.63) is 35.4 Å². The third kappa shape index (κ3) is 15.7. The van der Waals surface area contributed by atoms with Crippen molar-refractivity contribution >= 4 is 35.6 Å². The molecule has 15 unspecified atom stereocenters. The summed E-state index contributed by atoms with van der Waals surface area (Å²) in [6, 6.07) is 8.08. The summed E-state index contributed by atoms with van der Waals surface area (Å²) in [5.41, 5.74) is 1.12. The van der Waals surface area contributed by atoms with Crippen molar-refractivity contribution in [1.82, 2.24) is 5.32 Å². The average Bonchev–Trinajstić information content (AvgIpc) is 3.23. The molecule has 0 fully saturated rings. The first kappa shape index (κ1) is 56.9. The van der Waals surface area contributed by atoms with Crippen molar-refractivity contribution in [3.8, 4) is 0 Å². The number of amides is 1. The molecule has 0 bridgehead atoms. The van der Waals surface area contributed by atoms with Crippen LogP contribution in [0.25, 0.3) is 0 Å². The van der Waals surface area contributed by atoms with Crippen molar-refractivity contribution < 1.29 is 27.0 Å². The summed E-state index contributed by atoms with van der Waals surface area (Å²) in [5.74, 6) is 8.47. The van der Waals surface area contributed by atoms with Gasteiger partial charge in [0.15, 0.2) is 0 Å². The monoisotopic (exact) mass is 868 g/mol. The van der Waals surface area contributed by atoms with E-state index in [0.717, 1.165) is 5.56 Å². The second-order valence-electron chi connectivity index (χ2n) is 19.3. The lowest BCUT2D eigenvalue weighted by molar-refractivity contribution is -0.115. The highest BCUT2D eigenvalue weighted by molar-refractivity contribution is 6.60. The third-order valence-electron chi connectivity index (χ3n) is 16.8. The average molecular weight is 869 g/mol. The van der Waals surface area contributed by atoms with Crippen molar-refractivity contribution in [2.24, 2.45) is 88.8 Å². The van der Waals surface area contributed by atoms with Crippen molar-refractivity contribution in [3.63, 3.8) is 0 Å². The largest absolute Gasteiger partial charge is 0.549 e. The number of carbonyl (C=O) groups excluding carboxylic acids is 1. The molecule has 1 N–H and O–H groups in total. The topological polar surface area (TPSA) is 90.9 Å². The number of benzene rings is 1. The number of carbonyl (C=O) groups is 1. The van der Waals surface area contributed by atoms with Gasteiger partial charge in [-0.15, -0.1) is 11.6 Å². The van der Waals surface area contributed by atoms with E-state index in [1.807, 2.05) is 24.3 Å². The second kappa shape index (κ2) is 27.1. The normalized spacial score (nSPS) is 20.5. The van der Waals surface area contributed by atoms with Gasteiger partial charge in [-0.2, -0.15) is 0 Å². The van der Waals surface area contributed by atoms with Crippen LogP contribution >= 0.6 is 11.6 Å². The van der Waals surface area contributed by atoms with E-state index in [1.54, 1.807) is 14.2 Å². The number of hydrogen-bond acceptors (Lipinski definition) is 6. The van der Waals surface area contributed by atoms with Crippen LogP contribution in [0.5, 0.6) is 0 Å². The van der Waals surface area contributed by atoms with Crippen molar-refractivity contribution in [1.29, 1.82) is 0 Å². The summed E-state index contributed by atoms with van der Waals surface area (Å²) < 4.78 is 37.1. The van der Waals surface area contributed by atoms with Crippen LogP contribution in [0.2, 0.25) is 6.04 Å². The van der Waals surface area contributed by atoms with Gasteiger partial charge in [0.1, 0.15) is 0 Å². The Hall–Kier alpha value is -1.11. The molecule has 0 heterocycles. The zero-order valence-electron chi connectivity index (χ0n) is 40.8. The van der Waals surface area contributed by atoms with Gasteiger partial charge in [-0.1, -0.05) is 136 Å². The van der Waals surface area contributed by atoms with Crippen molar-refractivity contribution in [2.45, 2.75) is 155 Å². The van der Waals surface area contributed by atoms with Crippen LogP contribution in [0.15, 0.2) is 24.3 Å². The number of rotatable bonds is 26. The molecule has 1 amide bonds. The highest BCUT2D eigenvalue weighted by Gasteiger charge is 2.53. The Bertz CT molecular complexity index is 1320. The minimum absolute atomic E-state index is 0.0896. The maximum atomic E-state index is 13.0. The predicted octanol–water partition coefficient (Wildman–Crippen LogP) is 12.9. The molecule has 15 atom stereocenters. The van der Waals surface area contributed by atoms with Crippen molar-refractivity contribution in [2.75, 3.05) is 20.8 Å². The fourth-order valence-corrected chi connectivity index (χ4v) is 12.2. The summed E-state index contributed by atoms with van der Waals surface area (Å²) in [6.07, 6.45) is 1.88. The molecule has 1 rings (SSSR count). The lowest BCUT2D eigenvalue weighted by Gasteiger charge is -2.52. The van der Waals surface area contributed by atoms with Crippen LogP contribution in [0.3, 0.4) is 0 Å². The Morgan fingerprint density at radius 2 is 1.05 bits per heavy atom. The van der Waals surface area contributed by atoms with Crippen LogP contribution in [-0.2, 0) is 28.1 Å². The SMILES string of the molecule is CCC(C)C(C)C(C)C(C)C(C)C(C)(O[Si](CCCNC(=O)c1ccc(CCl)cc1)(OC)OC)C(C)C(C)C(C)C(C)C(C)C(C)C(C)C(C)C(C)C(C)C.O=[Si]=O. The lowest BCUT2D eigenvalue weighted by atomic mass is 9.61. The van der Waals surface area contributed by atoms with E-state index in [4.69, 9.17) is 33.8 Å². The maximum absolute atomic E-state index is 13.0. The van der Waals surface area contributed by atoms with E-state index in [0.29, 0.717) is 107 Å². The predicted molar refractivity (Wildman–Crippen MR) is 248 cm³/mol. The van der Waals surface area contributed by atoms with Gasteiger partial charge in [0.25, 0.3) is 5.91 Å². The van der Waals surface area contributed by atoms with E-state index in [9.17, 15) is 4.79 Å². The highest BCUT2D eigenvalue weighted by Crippen LogP contribution is 2.48. The maximum Gasteiger partial charge on any atom is 0.549 e. The molecule has 338 valence electrons. The van der Waals surface area contributed by atoms with Gasteiger partial charge in [-0.3, -0.25) is 13.7 Å². The fraction of sp³-hybridized carbons (Fsp3) is 0.854. The molecule has 7 nitrogen and oxygen atoms in total. The van der Waals surface area contributed by atoms with Gasteiger partial charge in [0.05, 0.1) is 5.60 Å². The van der Waals surface area contributed by atoms with Crippen LogP contribution in [-0.4, -0.2) is 50.4 Å². The minimum Gasteiger partial charge on any atom is -0.377 e. The standard InChI is InChI=1S/C48H90ClNO4Si.O2Si/c1-21-31(4)33(6)35(8)41(14)43(16)48(18,44(17)42(15)40(13)39(12)38(11)37(10)36(9)34(7)32(5)30(2)3)54-55(52-19,53-20)28-22-27-50-47(51)46-25-23-45(29-49)24-26-46;1-3-2/h23-26,30-44H,21-22,27-29H2,1-20H3,(H,50,51);. The van der Waals surface area contributed by atoms with E-state index in [2.05, 4.69) is 130 Å². The highest BCUT2D eigenvalue weighted by atomic mass is 35.5. The van der Waals surface area contributed by atoms with E-state index >= 15 is 0 Å². The molecule has 0 saturated heterocycles. The molecule has 0 aliphatic carbocycles. The van der Waals surface area contributed by atoms with Crippen LogP contribution in [0, 0.1) is 88.8 Å². The molecule has 0 aliphatic rings. The first-order valence-electron chi connectivity index (χ1n) is 22.7. The third-order valence-corrected chi connectivity index (χ3v) is 20.0. The Morgan fingerprint density at radius 1 is 0.672 bits per heavy atom. The van der Waals surface area contributed by atoms with Crippen LogP contribution in [0.4, 0.5) is 0 Å². The summed E-state index contributed by atoms with van der Waals surface area (Å²) in [4.78, 5) is 13.0. The van der Waals surface area contributed by atoms with Gasteiger partial charge >= 0.3 is 18.1 Å². The van der Waals surface area contributed by atoms with Crippen LogP contribution < -0.4 is 5.32 Å². The summed E-state index contributed by atoms with van der Waals surface area (Å²) in [7, 11) is -1.08. The number of nitrogens with one attached hydrogen (secondary N) is 1. The first-order valence-corrected chi connectivity index (χ1v) is 25.9. The van der Waals surface area contributed by atoms with E-state index in [-0.39, 0.29) is 17.7 Å². The number of alkyl halides is 1. The first-order chi connectivity index (χ1) is 26.9. The quantitative estimate of drug-likeness (QED) is 0.0567. The number of halogens is 1. The fourth-order valence-electron chi connectivity index (χ4n) is 9.52. The van der Waals surface area contributed by atoms with Gasteiger partial charge < -0.3 is 18.6 Å². The van der Waals surface area contributed by atoms with Crippen LogP contribution in [0.1, 0.15) is 153 Å². The molecule has 58 heavy (non-hydrogen) atoms. The molecule has 1 aromatic carbocycles. The smallest absolute Gasteiger partial charge is 0.377 e. The molecular weight excluding hydrogens is 778 g/mol. The number of hydrogen-bond donors (Lipinski definition) is 1. The van der Waals surface area contributed by atoms with Gasteiger partial charge in [0.2, 0.25) is 0 Å². The summed E-state index contributed by atoms with van der Waals surface area (Å²) in [5, 5.41) is 3.10. The molecule has 0 aliphatic heterocycles.